The van der Waals surface area contributed by atoms with Crippen molar-refractivity contribution >= 4 is 29.0 Å². The molecule has 4 rings (SSSR count). The Bertz CT molecular complexity index is 795. The van der Waals surface area contributed by atoms with Crippen LogP contribution in [0.5, 0.6) is 0 Å². The summed E-state index contributed by atoms with van der Waals surface area (Å²) in [5.74, 6) is 0.0276. The van der Waals surface area contributed by atoms with Gasteiger partial charge in [-0.15, -0.1) is 5.10 Å². The van der Waals surface area contributed by atoms with Crippen molar-refractivity contribution in [3.63, 3.8) is 0 Å². The molecule has 8 heteroatoms. The lowest BCUT2D eigenvalue weighted by atomic mass is 9.97. The molecule has 0 bridgehead atoms. The normalized spacial score (nSPS) is 18.0. The summed E-state index contributed by atoms with van der Waals surface area (Å²) in [6, 6.07) is 10.3. The van der Waals surface area contributed by atoms with Gasteiger partial charge in [0.15, 0.2) is 0 Å². The molecule has 0 spiro atoms. The molecule has 136 valence electrons. The van der Waals surface area contributed by atoms with Gasteiger partial charge in [-0.3, -0.25) is 9.59 Å². The zero-order chi connectivity index (χ0) is 18.1. The van der Waals surface area contributed by atoms with Gasteiger partial charge >= 0.3 is 0 Å². The van der Waals surface area contributed by atoms with Gasteiger partial charge in [-0.1, -0.05) is 22.7 Å². The van der Waals surface area contributed by atoms with Gasteiger partial charge in [-0.05, 0) is 30.6 Å². The highest BCUT2D eigenvalue weighted by Gasteiger charge is 2.39. The van der Waals surface area contributed by atoms with Crippen LogP contribution in [0.15, 0.2) is 30.3 Å². The second-order valence-electron chi connectivity index (χ2n) is 6.74. The molecular formula is C18H21N5O2S. The fourth-order valence-electron chi connectivity index (χ4n) is 3.45. The first kappa shape index (κ1) is 17.0. The summed E-state index contributed by atoms with van der Waals surface area (Å²) < 4.78 is 3.81. The molecule has 3 heterocycles. The minimum atomic E-state index is -0.0802. The highest BCUT2D eigenvalue weighted by molar-refractivity contribution is 7.07. The number of carbonyl (C=O) groups excluding carboxylic acids is 2. The lowest BCUT2D eigenvalue weighted by molar-refractivity contribution is -0.140. The van der Waals surface area contributed by atoms with E-state index in [9.17, 15) is 9.59 Å². The molecule has 0 unspecified atom stereocenters. The summed E-state index contributed by atoms with van der Waals surface area (Å²) in [6.07, 6.45) is 0. The summed E-state index contributed by atoms with van der Waals surface area (Å²) >= 11 is 1.12. The molecule has 2 aromatic rings. The van der Waals surface area contributed by atoms with Crippen LogP contribution in [0.4, 0.5) is 5.69 Å². The number of rotatable bonds is 3. The standard InChI is InChI=1S/C18H21N5O2S/c1-13-16(26-20-19-13)18(25)23-11-14(12-23)17(24)22-9-7-21(8-10-22)15-5-3-2-4-6-15/h2-6,14H,7-12H2,1H3. The second kappa shape index (κ2) is 7.03. The first-order valence-corrected chi connectivity index (χ1v) is 9.58. The van der Waals surface area contributed by atoms with E-state index in [1.54, 1.807) is 11.8 Å². The minimum Gasteiger partial charge on any atom is -0.368 e. The van der Waals surface area contributed by atoms with E-state index in [0.29, 0.717) is 23.7 Å². The van der Waals surface area contributed by atoms with Crippen molar-refractivity contribution in [2.75, 3.05) is 44.2 Å². The van der Waals surface area contributed by atoms with Gasteiger partial charge in [-0.25, -0.2) is 0 Å². The molecule has 26 heavy (non-hydrogen) atoms. The number of nitrogens with zero attached hydrogens (tertiary/aromatic N) is 5. The number of piperazine rings is 1. The van der Waals surface area contributed by atoms with Crippen LogP contribution in [0.2, 0.25) is 0 Å². The third-order valence-corrected chi connectivity index (χ3v) is 5.89. The number of benzene rings is 1. The Kier molecular flexibility index (Phi) is 4.58. The van der Waals surface area contributed by atoms with Crippen LogP contribution in [-0.4, -0.2) is 70.5 Å². The largest absolute Gasteiger partial charge is 0.368 e. The van der Waals surface area contributed by atoms with E-state index in [-0.39, 0.29) is 17.7 Å². The van der Waals surface area contributed by atoms with E-state index in [0.717, 1.165) is 37.7 Å². The third kappa shape index (κ3) is 3.16. The van der Waals surface area contributed by atoms with Crippen molar-refractivity contribution < 1.29 is 9.59 Å². The Morgan fingerprint density at radius 2 is 1.73 bits per heavy atom. The SMILES string of the molecule is Cc1nnsc1C(=O)N1CC(C(=O)N2CCN(c3ccccc3)CC2)C1. The molecule has 1 aromatic heterocycles. The van der Waals surface area contributed by atoms with Crippen molar-refractivity contribution in [2.24, 2.45) is 5.92 Å². The molecule has 0 radical (unpaired) electrons. The van der Waals surface area contributed by atoms with Crippen molar-refractivity contribution in [3.05, 3.63) is 40.9 Å². The number of aryl methyl sites for hydroxylation is 1. The summed E-state index contributed by atoms with van der Waals surface area (Å²) in [7, 11) is 0. The number of para-hydroxylation sites is 1. The Labute approximate surface area is 156 Å². The Morgan fingerprint density at radius 1 is 1.04 bits per heavy atom. The number of carbonyl (C=O) groups is 2. The average molecular weight is 371 g/mol. The molecule has 0 atom stereocenters. The molecule has 0 saturated carbocycles. The molecule has 2 fully saturated rings. The first-order chi connectivity index (χ1) is 12.6. The number of amides is 2. The fourth-order valence-corrected chi connectivity index (χ4v) is 4.08. The number of likely N-dealkylation sites (tertiary alicyclic amines) is 1. The molecule has 7 nitrogen and oxygen atoms in total. The van der Waals surface area contributed by atoms with Crippen LogP contribution in [-0.2, 0) is 4.79 Å². The molecule has 2 amide bonds. The van der Waals surface area contributed by atoms with E-state index in [1.807, 2.05) is 23.1 Å². The van der Waals surface area contributed by atoms with Crippen LogP contribution < -0.4 is 4.90 Å². The smallest absolute Gasteiger partial charge is 0.267 e. The lowest BCUT2D eigenvalue weighted by Gasteiger charge is -2.43. The van der Waals surface area contributed by atoms with E-state index in [2.05, 4.69) is 26.6 Å². The van der Waals surface area contributed by atoms with Crippen LogP contribution in [0.1, 0.15) is 15.4 Å². The fraction of sp³-hybridized carbons (Fsp3) is 0.444. The zero-order valence-corrected chi connectivity index (χ0v) is 15.5. The van der Waals surface area contributed by atoms with Gasteiger partial charge in [-0.2, -0.15) is 0 Å². The molecule has 2 saturated heterocycles. The first-order valence-electron chi connectivity index (χ1n) is 8.80. The maximum Gasteiger partial charge on any atom is 0.267 e. The summed E-state index contributed by atoms with van der Waals surface area (Å²) in [5, 5.41) is 3.88. The third-order valence-electron chi connectivity index (χ3n) is 5.08. The number of hydrogen-bond acceptors (Lipinski definition) is 6. The highest BCUT2D eigenvalue weighted by Crippen LogP contribution is 2.24. The number of aromatic nitrogens is 2. The predicted octanol–water partition coefficient (Wildman–Crippen LogP) is 1.27. The van der Waals surface area contributed by atoms with Gasteiger partial charge in [0.25, 0.3) is 5.91 Å². The van der Waals surface area contributed by atoms with Crippen molar-refractivity contribution in [3.8, 4) is 0 Å². The van der Waals surface area contributed by atoms with Gasteiger partial charge < -0.3 is 14.7 Å². The molecule has 2 aliphatic heterocycles. The molecule has 0 N–H and O–H groups in total. The Balaban J connectivity index is 1.28. The zero-order valence-electron chi connectivity index (χ0n) is 14.7. The minimum absolute atomic E-state index is 0.0598. The molecular weight excluding hydrogens is 350 g/mol. The van der Waals surface area contributed by atoms with E-state index in [1.165, 1.54) is 5.69 Å². The monoisotopic (exact) mass is 371 g/mol. The van der Waals surface area contributed by atoms with Crippen molar-refractivity contribution in [1.82, 2.24) is 19.4 Å². The maximum atomic E-state index is 12.7. The van der Waals surface area contributed by atoms with Gasteiger partial charge in [0.05, 0.1) is 11.6 Å². The van der Waals surface area contributed by atoms with Gasteiger partial charge in [0.2, 0.25) is 5.91 Å². The van der Waals surface area contributed by atoms with Crippen molar-refractivity contribution in [2.45, 2.75) is 6.92 Å². The van der Waals surface area contributed by atoms with Crippen LogP contribution in [0.3, 0.4) is 0 Å². The van der Waals surface area contributed by atoms with Gasteiger partial charge in [0.1, 0.15) is 4.88 Å². The predicted molar refractivity (Wildman–Crippen MR) is 99.3 cm³/mol. The van der Waals surface area contributed by atoms with Crippen LogP contribution >= 0.6 is 11.5 Å². The molecule has 2 aliphatic rings. The Morgan fingerprint density at radius 3 is 2.35 bits per heavy atom. The van der Waals surface area contributed by atoms with Gasteiger partial charge in [0, 0.05) is 45.0 Å². The average Bonchev–Trinajstić information content (AvgIpc) is 3.07. The topological polar surface area (TPSA) is 69.6 Å². The van der Waals surface area contributed by atoms with E-state index >= 15 is 0 Å². The Hall–Kier alpha value is -2.48. The number of anilines is 1. The van der Waals surface area contributed by atoms with Crippen LogP contribution in [0.25, 0.3) is 0 Å². The number of hydrogen-bond donors (Lipinski definition) is 0. The summed E-state index contributed by atoms with van der Waals surface area (Å²) in [6.45, 7) is 5.92. The quantitative estimate of drug-likeness (QED) is 0.813. The molecule has 0 aliphatic carbocycles. The lowest BCUT2D eigenvalue weighted by Crippen LogP contribution is -2.59. The summed E-state index contributed by atoms with van der Waals surface area (Å²) in [4.78, 5) is 31.6. The summed E-state index contributed by atoms with van der Waals surface area (Å²) in [5.41, 5.74) is 1.86. The van der Waals surface area contributed by atoms with Crippen LogP contribution in [0, 0.1) is 12.8 Å². The molecule has 1 aromatic carbocycles. The van der Waals surface area contributed by atoms with Crippen molar-refractivity contribution in [1.29, 1.82) is 0 Å². The van der Waals surface area contributed by atoms with E-state index < -0.39 is 0 Å². The maximum absolute atomic E-state index is 12.7. The highest BCUT2D eigenvalue weighted by atomic mass is 32.1. The van der Waals surface area contributed by atoms with E-state index in [4.69, 9.17) is 0 Å². The second-order valence-corrected chi connectivity index (χ2v) is 7.50.